The average Bonchev–Trinajstić information content (AvgIpc) is 3.38. The number of rotatable bonds is 9. The average molecular weight is 473 g/mol. The molecule has 1 aliphatic carbocycles. The second-order valence-electron chi connectivity index (χ2n) is 7.92. The summed E-state index contributed by atoms with van der Waals surface area (Å²) in [6.45, 7) is 0.319. The van der Waals surface area contributed by atoms with E-state index in [1.165, 1.54) is 12.5 Å². The minimum atomic E-state index is -4.08. The maximum atomic E-state index is 13.1. The van der Waals surface area contributed by atoms with Crippen LogP contribution in [0.25, 0.3) is 0 Å². The highest BCUT2D eigenvalue weighted by molar-refractivity contribution is 7.84. The minimum Gasteiger partial charge on any atom is -0.393 e. The second-order valence-corrected chi connectivity index (χ2v) is 9.14. The number of nitrogens with one attached hydrogen (secondary N) is 1. The van der Waals surface area contributed by atoms with Crippen LogP contribution in [0.15, 0.2) is 55.1 Å². The van der Waals surface area contributed by atoms with Crippen LogP contribution in [-0.4, -0.2) is 57.8 Å². The number of nitrogens with two attached hydrogens (primary N) is 1. The molecule has 1 saturated carbocycles. The molecule has 11 nitrogen and oxygen atoms in total. The molecule has 3 atom stereocenters. The topological polar surface area (TPSA) is 162 Å². The van der Waals surface area contributed by atoms with E-state index in [0.29, 0.717) is 25.2 Å². The molecular weight excluding hydrogens is 448 g/mol. The van der Waals surface area contributed by atoms with Gasteiger partial charge in [0.05, 0.1) is 24.8 Å². The van der Waals surface area contributed by atoms with Gasteiger partial charge in [-0.15, -0.1) is 0 Å². The van der Waals surface area contributed by atoms with Gasteiger partial charge >= 0.3 is 10.3 Å². The molecule has 0 unspecified atom stereocenters. The Morgan fingerprint density at radius 2 is 2.03 bits per heavy atom. The first-order chi connectivity index (χ1) is 15.8. The van der Waals surface area contributed by atoms with Gasteiger partial charge in [0.25, 0.3) is 0 Å². The van der Waals surface area contributed by atoms with Gasteiger partial charge in [-0.25, -0.2) is 15.1 Å². The van der Waals surface area contributed by atoms with Gasteiger partial charge in [0.1, 0.15) is 17.8 Å². The van der Waals surface area contributed by atoms with E-state index in [1.54, 1.807) is 16.9 Å². The van der Waals surface area contributed by atoms with Crippen molar-refractivity contribution in [2.45, 2.75) is 31.5 Å². The maximum Gasteiger partial charge on any atom is 0.333 e. The first-order valence-electron chi connectivity index (χ1n) is 10.3. The Kier molecular flexibility index (Phi) is 6.79. The lowest BCUT2D eigenvalue weighted by atomic mass is 10.1. The lowest BCUT2D eigenvalue weighted by Gasteiger charge is -2.15. The Balaban J connectivity index is 1.44. The molecule has 0 saturated heterocycles. The third-order valence-electron chi connectivity index (χ3n) is 5.46. The number of nitrogens with zero attached hydrogens (tertiary/aromatic N) is 4. The number of aliphatic hydroxyl groups excluding tert-OH is 1. The van der Waals surface area contributed by atoms with Crippen LogP contribution in [0.4, 0.5) is 5.82 Å². The quantitative estimate of drug-likeness (QED) is 0.381. The van der Waals surface area contributed by atoms with E-state index in [2.05, 4.69) is 24.6 Å². The van der Waals surface area contributed by atoms with Gasteiger partial charge in [0.2, 0.25) is 5.78 Å². The van der Waals surface area contributed by atoms with Gasteiger partial charge in [0.15, 0.2) is 0 Å². The zero-order chi connectivity index (χ0) is 23.4. The molecule has 0 amide bonds. The number of anilines is 1. The largest absolute Gasteiger partial charge is 0.393 e. The molecule has 1 aliphatic rings. The van der Waals surface area contributed by atoms with Crippen LogP contribution in [0.1, 0.15) is 34.5 Å². The number of benzene rings is 1. The van der Waals surface area contributed by atoms with Crippen molar-refractivity contribution in [1.82, 2.24) is 19.7 Å². The normalized spacial score (nSPS) is 20.6. The Morgan fingerprint density at radius 1 is 1.24 bits per heavy atom. The Labute approximate surface area is 190 Å². The first-order valence-corrected chi connectivity index (χ1v) is 11.8. The summed E-state index contributed by atoms with van der Waals surface area (Å²) in [5.74, 6) is -0.439. The van der Waals surface area contributed by atoms with Crippen molar-refractivity contribution < 1.29 is 22.5 Å². The molecule has 1 aromatic carbocycles. The van der Waals surface area contributed by atoms with Crippen LogP contribution >= 0.6 is 0 Å². The van der Waals surface area contributed by atoms with E-state index in [0.717, 1.165) is 5.56 Å². The van der Waals surface area contributed by atoms with Crippen molar-refractivity contribution in [1.29, 1.82) is 0 Å². The molecule has 174 valence electrons. The summed E-state index contributed by atoms with van der Waals surface area (Å²) in [6.07, 6.45) is 4.45. The number of hydrogen-bond acceptors (Lipinski definition) is 9. The van der Waals surface area contributed by atoms with Gasteiger partial charge in [-0.05, 0) is 24.5 Å². The van der Waals surface area contributed by atoms with Crippen LogP contribution in [0.5, 0.6) is 0 Å². The van der Waals surface area contributed by atoms with Gasteiger partial charge in [0, 0.05) is 24.4 Å². The number of aromatic nitrogens is 4. The molecule has 0 aliphatic heterocycles. The Morgan fingerprint density at radius 3 is 2.79 bits per heavy atom. The Hall–Kier alpha value is -3.19. The van der Waals surface area contributed by atoms with Crippen LogP contribution in [0.2, 0.25) is 0 Å². The van der Waals surface area contributed by atoms with Crippen molar-refractivity contribution >= 4 is 21.9 Å². The highest BCUT2D eigenvalue weighted by atomic mass is 32.2. The predicted molar refractivity (Wildman–Crippen MR) is 118 cm³/mol. The van der Waals surface area contributed by atoms with E-state index >= 15 is 0 Å². The predicted octanol–water partition coefficient (Wildman–Crippen LogP) is 0.724. The number of ketones is 1. The molecule has 1 fully saturated rings. The van der Waals surface area contributed by atoms with Crippen LogP contribution in [-0.2, 0) is 21.0 Å². The van der Waals surface area contributed by atoms with E-state index in [-0.39, 0.29) is 29.7 Å². The standard InChI is InChI=1S/C21H24N6O5S/c22-33(30,31)32-12-15-8-16(9-19(15)28)25-21-17(10-23-13-24-21)20(29)18-6-7-27(26-18)11-14-4-2-1-3-5-14/h1-7,10,13,15-16,19,28H,8-9,11-12H2,(H2,22,30,31)(H,23,24,25)/t15-,16+,19-/m0/s1. The molecule has 12 heteroatoms. The van der Waals surface area contributed by atoms with Crippen molar-refractivity contribution in [2.75, 3.05) is 11.9 Å². The Bertz CT molecular complexity index is 1220. The SMILES string of the molecule is NS(=O)(=O)OC[C@@H]1C[C@@H](Nc2ncncc2C(=O)c2ccn(Cc3ccccc3)n2)C[C@@H]1O. The summed E-state index contributed by atoms with van der Waals surface area (Å²) in [6, 6.07) is 11.2. The maximum absolute atomic E-state index is 13.1. The third kappa shape index (κ3) is 5.99. The van der Waals surface area contributed by atoms with Crippen molar-refractivity contribution in [3.63, 3.8) is 0 Å². The molecule has 4 N–H and O–H groups in total. The number of carbonyl (C=O) groups excluding carboxylic acids is 1. The lowest BCUT2D eigenvalue weighted by molar-refractivity contribution is 0.101. The summed E-state index contributed by atoms with van der Waals surface area (Å²) in [4.78, 5) is 21.3. The summed E-state index contributed by atoms with van der Waals surface area (Å²) >= 11 is 0. The van der Waals surface area contributed by atoms with Crippen molar-refractivity contribution in [3.05, 3.63) is 71.9 Å². The monoisotopic (exact) mass is 472 g/mol. The second kappa shape index (κ2) is 9.75. The van der Waals surface area contributed by atoms with Crippen molar-refractivity contribution in [3.8, 4) is 0 Å². The summed E-state index contributed by atoms with van der Waals surface area (Å²) in [5.41, 5.74) is 1.57. The number of carbonyl (C=O) groups is 1. The fourth-order valence-corrected chi connectivity index (χ4v) is 4.23. The van der Waals surface area contributed by atoms with E-state index < -0.39 is 22.3 Å². The van der Waals surface area contributed by atoms with E-state index in [1.807, 2.05) is 30.3 Å². The summed E-state index contributed by atoms with van der Waals surface area (Å²) in [5, 5.41) is 22.7. The molecule has 0 bridgehead atoms. The molecule has 0 radical (unpaired) electrons. The van der Waals surface area contributed by atoms with Crippen LogP contribution < -0.4 is 10.5 Å². The van der Waals surface area contributed by atoms with Gasteiger partial charge in [-0.2, -0.15) is 13.5 Å². The summed E-state index contributed by atoms with van der Waals surface area (Å²) in [7, 11) is -4.08. The lowest BCUT2D eigenvalue weighted by Crippen LogP contribution is -2.24. The number of aliphatic hydroxyl groups is 1. The highest BCUT2D eigenvalue weighted by Crippen LogP contribution is 2.30. The number of hydrogen-bond donors (Lipinski definition) is 3. The van der Waals surface area contributed by atoms with E-state index in [4.69, 9.17) is 5.14 Å². The summed E-state index contributed by atoms with van der Waals surface area (Å²) < 4.78 is 28.3. The minimum absolute atomic E-state index is 0.216. The van der Waals surface area contributed by atoms with E-state index in [9.17, 15) is 18.3 Å². The van der Waals surface area contributed by atoms with Crippen LogP contribution in [0.3, 0.4) is 0 Å². The molecule has 2 aromatic heterocycles. The molecule has 4 rings (SSSR count). The molecule has 2 heterocycles. The third-order valence-corrected chi connectivity index (χ3v) is 5.93. The molecular formula is C21H24N6O5S. The van der Waals surface area contributed by atoms with Crippen LogP contribution in [0, 0.1) is 5.92 Å². The fraction of sp³-hybridized carbons (Fsp3) is 0.333. The molecule has 0 spiro atoms. The molecule has 33 heavy (non-hydrogen) atoms. The van der Waals surface area contributed by atoms with Crippen molar-refractivity contribution in [2.24, 2.45) is 11.1 Å². The fourth-order valence-electron chi connectivity index (χ4n) is 3.87. The van der Waals surface area contributed by atoms with Gasteiger partial charge in [-0.3, -0.25) is 13.7 Å². The van der Waals surface area contributed by atoms with Gasteiger partial charge < -0.3 is 10.4 Å². The van der Waals surface area contributed by atoms with Gasteiger partial charge in [-0.1, -0.05) is 30.3 Å². The first kappa shape index (κ1) is 23.0. The molecule has 3 aromatic rings. The zero-order valence-electron chi connectivity index (χ0n) is 17.6. The highest BCUT2D eigenvalue weighted by Gasteiger charge is 2.34. The zero-order valence-corrected chi connectivity index (χ0v) is 18.4. The smallest absolute Gasteiger partial charge is 0.333 e.